The van der Waals surface area contributed by atoms with Gasteiger partial charge in [0.1, 0.15) is 17.5 Å². The molecule has 0 atom stereocenters. The highest BCUT2D eigenvalue weighted by Gasteiger charge is 2.28. The molecule has 114 valence electrons. The normalized spacial score (nSPS) is 12.1. The fourth-order valence-electron chi connectivity index (χ4n) is 1.84. The van der Waals surface area contributed by atoms with E-state index in [1.807, 2.05) is 0 Å². The van der Waals surface area contributed by atoms with Crippen molar-refractivity contribution in [1.82, 2.24) is 14.8 Å². The monoisotopic (exact) mass is 339 g/mol. The molecule has 0 fully saturated rings. The van der Waals surface area contributed by atoms with Crippen LogP contribution in [0.3, 0.4) is 0 Å². The maximum Gasteiger partial charge on any atom is 0.296 e. The molecule has 10 heteroatoms. The molecule has 0 N–H and O–H groups in total. The summed E-state index contributed by atoms with van der Waals surface area (Å²) >= 11 is 0. The summed E-state index contributed by atoms with van der Waals surface area (Å²) in [5, 5.41) is 6.19. The van der Waals surface area contributed by atoms with Gasteiger partial charge in [-0.1, -0.05) is 0 Å². The molecule has 0 unspecified atom stereocenters. The molecule has 0 radical (unpaired) electrons. The number of halogens is 4. The first-order valence-electron chi connectivity index (χ1n) is 5.67. The van der Waals surface area contributed by atoms with Crippen LogP contribution in [0, 0.1) is 17.5 Å². The molecule has 0 aliphatic rings. The van der Waals surface area contributed by atoms with Crippen molar-refractivity contribution < 1.29 is 21.6 Å². The number of hydrogen-bond acceptors (Lipinski definition) is 4. The van der Waals surface area contributed by atoms with Crippen LogP contribution in [0.4, 0.5) is 13.2 Å². The fourth-order valence-corrected chi connectivity index (χ4v) is 2.82. The Hall–Kier alpha value is -1.61. The van der Waals surface area contributed by atoms with E-state index in [-0.39, 0.29) is 5.82 Å². The number of rotatable bonds is 3. The highest BCUT2D eigenvalue weighted by Crippen LogP contribution is 2.30. The molecule has 0 amide bonds. The zero-order valence-electron chi connectivity index (χ0n) is 10.8. The molecule has 1 heterocycles. The van der Waals surface area contributed by atoms with E-state index in [0.29, 0.717) is 12.1 Å². The van der Waals surface area contributed by atoms with Crippen molar-refractivity contribution in [1.29, 1.82) is 0 Å². The molecule has 0 aliphatic heterocycles. The molecule has 0 aliphatic carbocycles. The van der Waals surface area contributed by atoms with Gasteiger partial charge in [0, 0.05) is 28.9 Å². The first kappa shape index (κ1) is 15.8. The van der Waals surface area contributed by atoms with E-state index in [4.69, 9.17) is 10.7 Å². The van der Waals surface area contributed by atoms with Gasteiger partial charge in [0.15, 0.2) is 5.82 Å². The predicted octanol–water partition coefficient (Wildman–Crippen LogP) is 2.87. The number of hydrogen-bond donors (Lipinski definition) is 0. The number of aromatic nitrogens is 3. The first-order valence-corrected chi connectivity index (χ1v) is 7.98. The minimum Gasteiger partial charge on any atom is -0.294 e. The van der Waals surface area contributed by atoms with E-state index in [9.17, 15) is 21.6 Å². The molecule has 5 nitrogen and oxygen atoms in total. The number of nitrogens with zero attached hydrogens (tertiary/aromatic N) is 3. The van der Waals surface area contributed by atoms with Crippen LogP contribution in [-0.4, -0.2) is 23.2 Å². The lowest BCUT2D eigenvalue weighted by Crippen LogP contribution is -2.11. The van der Waals surface area contributed by atoms with Gasteiger partial charge in [-0.05, 0) is 13.8 Å². The average Bonchev–Trinajstić information content (AvgIpc) is 2.71. The lowest BCUT2D eigenvalue weighted by molar-refractivity contribution is 0.519. The van der Waals surface area contributed by atoms with Gasteiger partial charge in [-0.15, -0.1) is 10.2 Å². The maximum absolute atomic E-state index is 13.8. The van der Waals surface area contributed by atoms with Gasteiger partial charge in [0.2, 0.25) is 0 Å². The molecule has 1 aromatic heterocycles. The SMILES string of the molecule is CC(C)n1c(-c2c(F)cc(F)cc2F)nnc1S(=O)(=O)Cl. The molecule has 2 aromatic rings. The lowest BCUT2D eigenvalue weighted by atomic mass is 10.1. The Morgan fingerprint density at radius 3 is 2.10 bits per heavy atom. The second-order valence-corrected chi connectivity index (χ2v) is 6.91. The van der Waals surface area contributed by atoms with E-state index in [1.165, 1.54) is 0 Å². The second-order valence-electron chi connectivity index (χ2n) is 4.45. The minimum atomic E-state index is -4.26. The third-order valence-electron chi connectivity index (χ3n) is 2.63. The Balaban J connectivity index is 2.81. The van der Waals surface area contributed by atoms with Gasteiger partial charge in [-0.2, -0.15) is 0 Å². The predicted molar refractivity (Wildman–Crippen MR) is 68.8 cm³/mol. The molecular weight excluding hydrogens is 331 g/mol. The maximum atomic E-state index is 13.8. The largest absolute Gasteiger partial charge is 0.296 e. The van der Waals surface area contributed by atoms with Crippen LogP contribution in [0.25, 0.3) is 11.4 Å². The van der Waals surface area contributed by atoms with Crippen LogP contribution < -0.4 is 0 Å². The van der Waals surface area contributed by atoms with E-state index in [2.05, 4.69) is 10.2 Å². The van der Waals surface area contributed by atoms with E-state index in [1.54, 1.807) is 13.8 Å². The number of benzene rings is 1. The van der Waals surface area contributed by atoms with Crippen LogP contribution in [-0.2, 0) is 9.05 Å². The summed E-state index contributed by atoms with van der Waals surface area (Å²) in [5.74, 6) is -3.94. The van der Waals surface area contributed by atoms with Gasteiger partial charge in [0.25, 0.3) is 14.2 Å². The van der Waals surface area contributed by atoms with Crippen molar-refractivity contribution >= 4 is 19.7 Å². The summed E-state index contributed by atoms with van der Waals surface area (Å²) in [6, 6.07) is 0.376. The van der Waals surface area contributed by atoms with Gasteiger partial charge in [-0.25, -0.2) is 21.6 Å². The summed E-state index contributed by atoms with van der Waals surface area (Å²) < 4.78 is 64.3. The summed E-state index contributed by atoms with van der Waals surface area (Å²) in [6.07, 6.45) is 0. The summed E-state index contributed by atoms with van der Waals surface area (Å²) in [6.45, 7) is 3.11. The van der Waals surface area contributed by atoms with Crippen LogP contribution >= 0.6 is 10.7 Å². The lowest BCUT2D eigenvalue weighted by Gasteiger charge is -2.13. The van der Waals surface area contributed by atoms with Crippen molar-refractivity contribution in [3.05, 3.63) is 29.6 Å². The van der Waals surface area contributed by atoms with E-state index in [0.717, 1.165) is 4.57 Å². The molecule has 0 bridgehead atoms. The third-order valence-corrected chi connectivity index (χ3v) is 3.76. The quantitative estimate of drug-likeness (QED) is 0.807. The Morgan fingerprint density at radius 2 is 1.67 bits per heavy atom. The second kappa shape index (κ2) is 5.30. The van der Waals surface area contributed by atoms with Gasteiger partial charge < -0.3 is 0 Å². The van der Waals surface area contributed by atoms with Crippen LogP contribution in [0.1, 0.15) is 19.9 Å². The molecule has 2 rings (SSSR count). The fraction of sp³-hybridized carbons (Fsp3) is 0.273. The summed E-state index contributed by atoms with van der Waals surface area (Å²) in [7, 11) is 0.958. The molecule has 21 heavy (non-hydrogen) atoms. The Morgan fingerprint density at radius 1 is 1.14 bits per heavy atom. The molecular formula is C11H9ClF3N3O2S. The molecule has 0 saturated carbocycles. The van der Waals surface area contributed by atoms with Gasteiger partial charge in [0.05, 0.1) is 5.56 Å². The van der Waals surface area contributed by atoms with Crippen molar-refractivity contribution in [2.24, 2.45) is 0 Å². The van der Waals surface area contributed by atoms with Crippen molar-refractivity contribution in [3.8, 4) is 11.4 Å². The zero-order valence-corrected chi connectivity index (χ0v) is 12.4. The van der Waals surface area contributed by atoms with Crippen LogP contribution in [0.5, 0.6) is 0 Å². The third kappa shape index (κ3) is 2.88. The zero-order chi connectivity index (χ0) is 15.9. The van der Waals surface area contributed by atoms with Crippen LogP contribution in [0.2, 0.25) is 0 Å². The minimum absolute atomic E-state index is 0.390. The standard InChI is InChI=1S/C11H9ClF3N3O2S/c1-5(2)18-10(16-17-11(18)21(12,19)20)9-7(14)3-6(13)4-8(9)15/h3-5H,1-2H3. The molecule has 0 saturated heterocycles. The van der Waals surface area contributed by atoms with Gasteiger partial charge >= 0.3 is 0 Å². The van der Waals surface area contributed by atoms with Crippen molar-refractivity contribution in [2.45, 2.75) is 25.0 Å². The topological polar surface area (TPSA) is 64.8 Å². The molecule has 1 aromatic carbocycles. The Bertz CT molecular complexity index is 782. The van der Waals surface area contributed by atoms with Crippen molar-refractivity contribution in [3.63, 3.8) is 0 Å². The summed E-state index contributed by atoms with van der Waals surface area (Å²) in [5.41, 5.74) is -0.677. The smallest absolute Gasteiger partial charge is 0.294 e. The van der Waals surface area contributed by atoms with E-state index >= 15 is 0 Å². The van der Waals surface area contributed by atoms with Crippen LogP contribution in [0.15, 0.2) is 17.3 Å². The van der Waals surface area contributed by atoms with Crippen molar-refractivity contribution in [2.75, 3.05) is 0 Å². The highest BCUT2D eigenvalue weighted by atomic mass is 35.7. The first-order chi connectivity index (χ1) is 9.62. The Kier molecular flexibility index (Phi) is 3.98. The Labute approximate surface area is 122 Å². The highest BCUT2D eigenvalue weighted by molar-refractivity contribution is 8.13. The summed E-state index contributed by atoms with van der Waals surface area (Å²) in [4.78, 5) is 0. The van der Waals surface area contributed by atoms with Gasteiger partial charge in [-0.3, -0.25) is 4.57 Å². The van der Waals surface area contributed by atoms with E-state index < -0.39 is 43.3 Å². The molecule has 0 spiro atoms. The average molecular weight is 340 g/mol.